The highest BCUT2D eigenvalue weighted by Crippen LogP contribution is 2.33. The predicted molar refractivity (Wildman–Crippen MR) is 109 cm³/mol. The van der Waals surface area contributed by atoms with E-state index in [1.165, 1.54) is 7.11 Å². The molecular formula is C23H22N2O3. The quantitative estimate of drug-likeness (QED) is 0.645. The molecule has 2 heterocycles. The lowest BCUT2D eigenvalue weighted by molar-refractivity contribution is 0.0599. The molecule has 0 saturated heterocycles. The van der Waals surface area contributed by atoms with Crippen LogP contribution in [0.1, 0.15) is 40.9 Å². The highest BCUT2D eigenvalue weighted by atomic mass is 16.5. The van der Waals surface area contributed by atoms with Gasteiger partial charge in [0.1, 0.15) is 11.3 Å². The fourth-order valence-electron chi connectivity index (χ4n) is 3.78. The summed E-state index contributed by atoms with van der Waals surface area (Å²) in [6, 6.07) is 13.6. The number of hydrogen-bond donors (Lipinski definition) is 0. The van der Waals surface area contributed by atoms with Crippen LogP contribution in [0.3, 0.4) is 0 Å². The van der Waals surface area contributed by atoms with E-state index >= 15 is 0 Å². The molecule has 0 spiro atoms. The summed E-state index contributed by atoms with van der Waals surface area (Å²) < 4.78 is 10.4. The third-order valence-corrected chi connectivity index (χ3v) is 5.03. The summed E-state index contributed by atoms with van der Waals surface area (Å²) in [5.41, 5.74) is 4.74. The van der Waals surface area contributed by atoms with Crippen molar-refractivity contribution < 1.29 is 14.3 Å². The number of rotatable bonds is 3. The maximum atomic E-state index is 12.3. The van der Waals surface area contributed by atoms with Crippen LogP contribution in [-0.4, -0.2) is 36.4 Å². The minimum absolute atomic E-state index is 0.324. The molecule has 0 aliphatic carbocycles. The standard InChI is InChI=1S/C23H22N2O3/c1-23(2)12-18-16(8-6-9-17(18)22(26)28-4)20(25-23)15-11-14-7-5-10-19(27-3)21(14)24-13-15/h5-11,13H,12H2,1-4H3. The SMILES string of the molecule is COC(=O)c1cccc2c1CC(C)(C)N=C2c1cnc2c(OC)cccc2c1. The van der Waals surface area contributed by atoms with Gasteiger partial charge in [0, 0.05) is 22.7 Å². The Kier molecular flexibility index (Phi) is 4.38. The number of fused-ring (bicyclic) bond motifs is 2. The lowest BCUT2D eigenvalue weighted by atomic mass is 9.82. The highest BCUT2D eigenvalue weighted by molar-refractivity contribution is 6.16. The van der Waals surface area contributed by atoms with Crippen LogP contribution < -0.4 is 4.74 Å². The summed E-state index contributed by atoms with van der Waals surface area (Å²) in [7, 11) is 3.05. The predicted octanol–water partition coefficient (Wildman–Crippen LogP) is 4.20. The molecule has 0 N–H and O–H groups in total. The molecule has 1 aliphatic heterocycles. The third kappa shape index (κ3) is 3.03. The van der Waals surface area contributed by atoms with Gasteiger partial charge < -0.3 is 9.47 Å². The van der Waals surface area contributed by atoms with Crippen LogP contribution in [0.25, 0.3) is 10.9 Å². The van der Waals surface area contributed by atoms with Crippen molar-refractivity contribution in [1.29, 1.82) is 0 Å². The number of benzene rings is 2. The maximum Gasteiger partial charge on any atom is 0.338 e. The van der Waals surface area contributed by atoms with E-state index in [-0.39, 0.29) is 11.5 Å². The van der Waals surface area contributed by atoms with Crippen molar-refractivity contribution in [3.8, 4) is 5.75 Å². The average Bonchev–Trinajstić information content (AvgIpc) is 2.70. The van der Waals surface area contributed by atoms with Crippen LogP contribution >= 0.6 is 0 Å². The van der Waals surface area contributed by atoms with E-state index in [1.54, 1.807) is 7.11 Å². The summed E-state index contributed by atoms with van der Waals surface area (Å²) in [6.07, 6.45) is 2.49. The van der Waals surface area contributed by atoms with Gasteiger partial charge in [-0.05, 0) is 44.0 Å². The van der Waals surface area contributed by atoms with Gasteiger partial charge in [-0.3, -0.25) is 9.98 Å². The second-order valence-electron chi connectivity index (χ2n) is 7.53. The Labute approximate surface area is 164 Å². The second-order valence-corrected chi connectivity index (χ2v) is 7.53. The number of aliphatic imine (C=N–C) groups is 1. The van der Waals surface area contributed by atoms with Gasteiger partial charge in [-0.2, -0.15) is 0 Å². The van der Waals surface area contributed by atoms with Crippen LogP contribution in [-0.2, 0) is 11.2 Å². The van der Waals surface area contributed by atoms with E-state index in [4.69, 9.17) is 14.5 Å². The number of carbonyl (C=O) groups excluding carboxylic acids is 1. The first-order chi connectivity index (χ1) is 13.4. The first-order valence-corrected chi connectivity index (χ1v) is 9.17. The smallest absolute Gasteiger partial charge is 0.338 e. The molecule has 5 heteroatoms. The number of methoxy groups -OCH3 is 2. The van der Waals surface area contributed by atoms with E-state index in [0.29, 0.717) is 12.0 Å². The zero-order valence-electron chi connectivity index (χ0n) is 16.4. The molecule has 0 saturated carbocycles. The van der Waals surface area contributed by atoms with E-state index in [1.807, 2.05) is 42.6 Å². The van der Waals surface area contributed by atoms with Crippen LogP contribution in [0.2, 0.25) is 0 Å². The summed E-state index contributed by atoms with van der Waals surface area (Å²) in [5.74, 6) is 0.415. The lowest BCUT2D eigenvalue weighted by Crippen LogP contribution is -2.31. The summed E-state index contributed by atoms with van der Waals surface area (Å²) >= 11 is 0. The minimum atomic E-state index is -0.338. The van der Waals surface area contributed by atoms with Crippen LogP contribution in [0.15, 0.2) is 53.7 Å². The number of aromatic nitrogens is 1. The number of carbonyl (C=O) groups is 1. The van der Waals surface area contributed by atoms with Crippen LogP contribution in [0.4, 0.5) is 0 Å². The number of ether oxygens (including phenoxy) is 2. The van der Waals surface area contributed by atoms with Crippen LogP contribution in [0.5, 0.6) is 5.75 Å². The monoisotopic (exact) mass is 374 g/mol. The number of nitrogens with zero attached hydrogens (tertiary/aromatic N) is 2. The number of pyridine rings is 1. The lowest BCUT2D eigenvalue weighted by Gasteiger charge is -2.30. The Hall–Kier alpha value is -3.21. The third-order valence-electron chi connectivity index (χ3n) is 5.03. The molecule has 0 bridgehead atoms. The van der Waals surface area contributed by atoms with Gasteiger partial charge in [0.2, 0.25) is 0 Å². The normalized spacial score (nSPS) is 14.9. The molecule has 3 aromatic rings. The molecule has 28 heavy (non-hydrogen) atoms. The number of para-hydroxylation sites is 1. The average molecular weight is 374 g/mol. The van der Waals surface area contributed by atoms with Gasteiger partial charge in [0.25, 0.3) is 0 Å². The maximum absolute atomic E-state index is 12.3. The Bertz CT molecular complexity index is 1120. The van der Waals surface area contributed by atoms with E-state index in [9.17, 15) is 4.79 Å². The Balaban J connectivity index is 1.92. The molecule has 1 aromatic heterocycles. The molecule has 1 aliphatic rings. The Morgan fingerprint density at radius 2 is 1.89 bits per heavy atom. The first kappa shape index (κ1) is 18.2. The second kappa shape index (κ2) is 6.75. The zero-order valence-corrected chi connectivity index (χ0v) is 16.4. The van der Waals surface area contributed by atoms with Crippen molar-refractivity contribution in [3.63, 3.8) is 0 Å². The molecule has 0 amide bonds. The van der Waals surface area contributed by atoms with E-state index in [2.05, 4.69) is 24.9 Å². The van der Waals surface area contributed by atoms with Crippen molar-refractivity contribution in [2.75, 3.05) is 14.2 Å². The Morgan fingerprint density at radius 1 is 1.11 bits per heavy atom. The fourth-order valence-corrected chi connectivity index (χ4v) is 3.78. The van der Waals surface area contributed by atoms with Gasteiger partial charge in [-0.15, -0.1) is 0 Å². The van der Waals surface area contributed by atoms with Gasteiger partial charge in [-0.25, -0.2) is 4.79 Å². The van der Waals surface area contributed by atoms with E-state index < -0.39 is 0 Å². The molecule has 0 atom stereocenters. The summed E-state index contributed by atoms with van der Waals surface area (Å²) in [4.78, 5) is 21.9. The number of hydrogen-bond acceptors (Lipinski definition) is 5. The van der Waals surface area contributed by atoms with Gasteiger partial charge in [-0.1, -0.05) is 24.3 Å². The van der Waals surface area contributed by atoms with Crippen molar-refractivity contribution in [1.82, 2.24) is 4.98 Å². The molecule has 5 nitrogen and oxygen atoms in total. The topological polar surface area (TPSA) is 60.8 Å². The molecule has 0 radical (unpaired) electrons. The summed E-state index contributed by atoms with van der Waals surface area (Å²) in [5, 5.41) is 0.980. The first-order valence-electron chi connectivity index (χ1n) is 9.17. The van der Waals surface area contributed by atoms with Gasteiger partial charge in [0.05, 0.1) is 31.0 Å². The molecule has 142 valence electrons. The summed E-state index contributed by atoms with van der Waals surface area (Å²) in [6.45, 7) is 4.14. The van der Waals surface area contributed by atoms with Crippen molar-refractivity contribution in [2.24, 2.45) is 4.99 Å². The highest BCUT2D eigenvalue weighted by Gasteiger charge is 2.31. The van der Waals surface area contributed by atoms with Crippen molar-refractivity contribution in [3.05, 3.63) is 70.9 Å². The molecule has 0 unspecified atom stereocenters. The van der Waals surface area contributed by atoms with E-state index in [0.717, 1.165) is 39.1 Å². The van der Waals surface area contributed by atoms with Gasteiger partial charge >= 0.3 is 5.97 Å². The molecule has 2 aromatic carbocycles. The van der Waals surface area contributed by atoms with Gasteiger partial charge in [0.15, 0.2) is 0 Å². The van der Waals surface area contributed by atoms with Crippen LogP contribution in [0, 0.1) is 0 Å². The van der Waals surface area contributed by atoms with Crippen molar-refractivity contribution in [2.45, 2.75) is 25.8 Å². The molecular weight excluding hydrogens is 352 g/mol. The zero-order chi connectivity index (χ0) is 19.9. The minimum Gasteiger partial charge on any atom is -0.494 e. The molecule has 4 rings (SSSR count). The molecule has 0 fully saturated rings. The number of esters is 1. The Morgan fingerprint density at radius 3 is 2.64 bits per heavy atom. The largest absolute Gasteiger partial charge is 0.494 e. The fraction of sp³-hybridized carbons (Fsp3) is 0.261. The van der Waals surface area contributed by atoms with Crippen molar-refractivity contribution >= 4 is 22.6 Å².